The Morgan fingerprint density at radius 1 is 1.32 bits per heavy atom. The normalized spacial score (nSPS) is 26.6. The van der Waals surface area contributed by atoms with Crippen molar-refractivity contribution in [3.8, 4) is 6.07 Å². The van der Waals surface area contributed by atoms with E-state index in [1.54, 1.807) is 31.3 Å². The fourth-order valence-corrected chi connectivity index (χ4v) is 5.62. The largest absolute Gasteiger partial charge is 0.378 e. The Morgan fingerprint density at radius 2 is 2.16 bits per heavy atom. The number of thioether (sulfide) groups is 1. The lowest BCUT2D eigenvalue weighted by molar-refractivity contribution is 0.359. The van der Waals surface area contributed by atoms with E-state index >= 15 is 0 Å². The number of halogens is 2. The summed E-state index contributed by atoms with van der Waals surface area (Å²) in [6.07, 6.45) is 4.98. The standard InChI is InChI=1S/C21H17F2N7S/c1-20(15-6-21(15,10-22)31-19(25)30-20)14-5-13(9-28-17(14)23)29-18-16-12(2-3-26-18)4-11(7-24)8-27-16/h2-5,8-9,15H,6,10H2,1H3,(H2,25,30)(H,26,29)/t15-,20+,21+/m0/s1. The highest BCUT2D eigenvalue weighted by Gasteiger charge is 2.66. The van der Waals surface area contributed by atoms with Gasteiger partial charge in [0.25, 0.3) is 0 Å². The molecule has 10 heteroatoms. The summed E-state index contributed by atoms with van der Waals surface area (Å²) in [5.74, 6) is -0.396. The molecular weight excluding hydrogens is 420 g/mol. The van der Waals surface area contributed by atoms with Gasteiger partial charge in [-0.3, -0.25) is 9.98 Å². The van der Waals surface area contributed by atoms with Crippen LogP contribution in [0.25, 0.3) is 10.9 Å². The molecule has 1 saturated carbocycles. The molecule has 0 saturated heterocycles. The number of nitrogens with one attached hydrogen (secondary N) is 1. The Kier molecular flexibility index (Phi) is 4.34. The third kappa shape index (κ3) is 3.08. The van der Waals surface area contributed by atoms with Gasteiger partial charge in [0.05, 0.1) is 27.7 Å². The summed E-state index contributed by atoms with van der Waals surface area (Å²) in [5, 5.41) is 13.2. The van der Waals surface area contributed by atoms with Crippen molar-refractivity contribution in [1.82, 2.24) is 15.0 Å². The second-order valence-corrected chi connectivity index (χ2v) is 9.34. The molecule has 156 valence electrons. The van der Waals surface area contributed by atoms with Gasteiger partial charge in [-0.05, 0) is 31.5 Å². The molecular formula is C21H17F2N7S. The molecule has 1 fully saturated rings. The summed E-state index contributed by atoms with van der Waals surface area (Å²) >= 11 is 1.23. The lowest BCUT2D eigenvalue weighted by Gasteiger charge is -2.33. The Hall–Kier alpha value is -3.32. The molecule has 3 N–H and O–H groups in total. The van der Waals surface area contributed by atoms with E-state index in [0.717, 1.165) is 5.39 Å². The van der Waals surface area contributed by atoms with Gasteiger partial charge in [0, 0.05) is 29.3 Å². The Labute approximate surface area is 180 Å². The number of amidine groups is 1. The topological polar surface area (TPSA) is 113 Å². The molecule has 31 heavy (non-hydrogen) atoms. The number of anilines is 2. The van der Waals surface area contributed by atoms with Crippen LogP contribution >= 0.6 is 11.8 Å². The zero-order valence-corrected chi connectivity index (χ0v) is 17.2. The van der Waals surface area contributed by atoms with Crippen molar-refractivity contribution < 1.29 is 8.78 Å². The van der Waals surface area contributed by atoms with Crippen LogP contribution in [0.3, 0.4) is 0 Å². The second kappa shape index (κ2) is 6.85. The van der Waals surface area contributed by atoms with E-state index in [-0.39, 0.29) is 16.6 Å². The number of alkyl halides is 1. The van der Waals surface area contributed by atoms with Crippen LogP contribution < -0.4 is 11.1 Å². The van der Waals surface area contributed by atoms with E-state index in [4.69, 9.17) is 11.0 Å². The summed E-state index contributed by atoms with van der Waals surface area (Å²) < 4.78 is 27.9. The van der Waals surface area contributed by atoms with E-state index in [2.05, 4.69) is 31.3 Å². The first-order chi connectivity index (χ1) is 14.9. The van der Waals surface area contributed by atoms with Gasteiger partial charge in [-0.15, -0.1) is 0 Å². The van der Waals surface area contributed by atoms with E-state index in [9.17, 15) is 8.78 Å². The summed E-state index contributed by atoms with van der Waals surface area (Å²) in [5.41, 5.74) is 6.70. The number of hydrogen-bond acceptors (Lipinski definition) is 8. The maximum atomic E-state index is 14.8. The lowest BCUT2D eigenvalue weighted by atomic mass is 9.86. The maximum Gasteiger partial charge on any atom is 0.218 e. The van der Waals surface area contributed by atoms with Gasteiger partial charge in [0.1, 0.15) is 18.3 Å². The number of rotatable bonds is 4. The number of nitrogens with two attached hydrogens (primary N) is 1. The Morgan fingerprint density at radius 3 is 2.94 bits per heavy atom. The first-order valence-corrected chi connectivity index (χ1v) is 10.4. The highest BCUT2D eigenvalue weighted by atomic mass is 32.2. The molecule has 2 aliphatic rings. The zero-order chi connectivity index (χ0) is 21.8. The van der Waals surface area contributed by atoms with Crippen molar-refractivity contribution in [2.75, 3.05) is 12.0 Å². The minimum atomic E-state index is -1.01. The molecule has 0 amide bonds. The summed E-state index contributed by atoms with van der Waals surface area (Å²) in [7, 11) is 0. The number of aromatic nitrogens is 3. The van der Waals surface area contributed by atoms with Crippen molar-refractivity contribution in [1.29, 1.82) is 5.26 Å². The number of nitriles is 1. The highest BCUT2D eigenvalue weighted by Crippen LogP contribution is 2.66. The number of nitrogens with zero attached hydrogens (tertiary/aromatic N) is 5. The Balaban J connectivity index is 1.54. The average Bonchev–Trinajstić information content (AvgIpc) is 3.50. The van der Waals surface area contributed by atoms with Gasteiger partial charge in [0.2, 0.25) is 5.95 Å². The SMILES string of the molecule is C[C@]1(c2cc(Nc3nccc4cc(C#N)cnc34)cnc2F)N=C(N)S[C@@]2(CF)C[C@H]21. The van der Waals surface area contributed by atoms with Crippen LogP contribution in [-0.2, 0) is 5.54 Å². The van der Waals surface area contributed by atoms with Crippen LogP contribution in [0.2, 0.25) is 0 Å². The van der Waals surface area contributed by atoms with Gasteiger partial charge in [-0.2, -0.15) is 9.65 Å². The van der Waals surface area contributed by atoms with E-state index in [1.165, 1.54) is 24.2 Å². The fraction of sp³-hybridized carbons (Fsp3) is 0.286. The van der Waals surface area contributed by atoms with Gasteiger partial charge in [-0.1, -0.05) is 11.8 Å². The molecule has 1 aliphatic carbocycles. The van der Waals surface area contributed by atoms with Crippen LogP contribution in [0.1, 0.15) is 24.5 Å². The third-order valence-electron chi connectivity index (χ3n) is 5.95. The minimum Gasteiger partial charge on any atom is -0.378 e. The molecule has 0 aromatic carbocycles. The third-order valence-corrected chi connectivity index (χ3v) is 7.22. The molecule has 5 rings (SSSR count). The quantitative estimate of drug-likeness (QED) is 0.597. The molecule has 7 nitrogen and oxygen atoms in total. The number of hydrogen-bond donors (Lipinski definition) is 2. The smallest absolute Gasteiger partial charge is 0.218 e. The number of pyridine rings is 3. The zero-order valence-electron chi connectivity index (χ0n) is 16.4. The van der Waals surface area contributed by atoms with Crippen molar-refractivity contribution in [2.24, 2.45) is 16.6 Å². The average molecular weight is 437 g/mol. The molecule has 3 atom stereocenters. The molecule has 0 unspecified atom stereocenters. The molecule has 0 bridgehead atoms. The van der Waals surface area contributed by atoms with Gasteiger partial charge < -0.3 is 11.1 Å². The van der Waals surface area contributed by atoms with Crippen LogP contribution in [-0.4, -0.2) is 31.5 Å². The predicted molar refractivity (Wildman–Crippen MR) is 115 cm³/mol. The van der Waals surface area contributed by atoms with Crippen molar-refractivity contribution >= 4 is 39.3 Å². The highest BCUT2D eigenvalue weighted by molar-refractivity contribution is 8.15. The summed E-state index contributed by atoms with van der Waals surface area (Å²) in [6, 6.07) is 7.14. The molecule has 3 aromatic heterocycles. The van der Waals surface area contributed by atoms with Crippen molar-refractivity contribution in [3.63, 3.8) is 0 Å². The lowest BCUT2D eigenvalue weighted by Crippen LogP contribution is -2.37. The van der Waals surface area contributed by atoms with Gasteiger partial charge in [-0.25, -0.2) is 14.4 Å². The molecule has 1 aliphatic heterocycles. The van der Waals surface area contributed by atoms with E-state index < -0.39 is 22.9 Å². The van der Waals surface area contributed by atoms with E-state index in [1.807, 2.05) is 0 Å². The van der Waals surface area contributed by atoms with Crippen molar-refractivity contribution in [3.05, 3.63) is 53.9 Å². The fourth-order valence-electron chi connectivity index (χ4n) is 4.29. The number of aliphatic imine (C=N–C) groups is 1. The van der Waals surface area contributed by atoms with E-state index in [0.29, 0.717) is 29.0 Å². The second-order valence-electron chi connectivity index (χ2n) is 7.91. The maximum absolute atomic E-state index is 14.8. The molecule has 0 radical (unpaired) electrons. The van der Waals surface area contributed by atoms with Gasteiger partial charge in [0.15, 0.2) is 11.0 Å². The molecule has 0 spiro atoms. The summed E-state index contributed by atoms with van der Waals surface area (Å²) in [4.78, 5) is 17.0. The number of fused-ring (bicyclic) bond motifs is 2. The van der Waals surface area contributed by atoms with Crippen LogP contribution in [0.4, 0.5) is 20.3 Å². The Bertz CT molecular complexity index is 1290. The minimum absolute atomic E-state index is 0.171. The van der Waals surface area contributed by atoms with Crippen molar-refractivity contribution in [2.45, 2.75) is 23.6 Å². The first kappa shape index (κ1) is 19.6. The van der Waals surface area contributed by atoms with Crippen LogP contribution in [0.5, 0.6) is 0 Å². The van der Waals surface area contributed by atoms with Gasteiger partial charge >= 0.3 is 0 Å². The van der Waals surface area contributed by atoms with Crippen LogP contribution in [0, 0.1) is 23.2 Å². The summed E-state index contributed by atoms with van der Waals surface area (Å²) in [6.45, 7) is 1.23. The first-order valence-electron chi connectivity index (χ1n) is 9.57. The van der Waals surface area contributed by atoms with Crippen LogP contribution in [0.15, 0.2) is 41.8 Å². The molecule has 4 heterocycles. The molecule has 3 aromatic rings. The predicted octanol–water partition coefficient (Wildman–Crippen LogP) is 3.78. The monoisotopic (exact) mass is 437 g/mol.